The lowest BCUT2D eigenvalue weighted by molar-refractivity contribution is 0.618. The molecule has 1 aromatic heterocycles. The second kappa shape index (κ2) is 4.99. The van der Waals surface area contributed by atoms with E-state index in [4.69, 9.17) is 0 Å². The fourth-order valence-electron chi connectivity index (χ4n) is 1.66. The Balaban J connectivity index is 2.32. The molecule has 1 aromatic carbocycles. The van der Waals surface area contributed by atoms with E-state index < -0.39 is 0 Å². The van der Waals surface area contributed by atoms with Crippen molar-refractivity contribution in [1.29, 1.82) is 0 Å². The van der Waals surface area contributed by atoms with Gasteiger partial charge in [-0.25, -0.2) is 9.37 Å². The maximum Gasteiger partial charge on any atom is 0.207 e. The Kier molecular flexibility index (Phi) is 3.42. The molecule has 0 atom stereocenters. The lowest BCUT2D eigenvalue weighted by Gasteiger charge is -2.10. The number of aromatic nitrogens is 2. The van der Waals surface area contributed by atoms with E-state index in [0.29, 0.717) is 5.56 Å². The van der Waals surface area contributed by atoms with Gasteiger partial charge in [-0.3, -0.25) is 4.57 Å². The Morgan fingerprint density at radius 2 is 2.24 bits per heavy atom. The van der Waals surface area contributed by atoms with Gasteiger partial charge in [0.25, 0.3) is 0 Å². The highest BCUT2D eigenvalue weighted by Gasteiger charge is 2.05. The van der Waals surface area contributed by atoms with Crippen molar-refractivity contribution >= 4 is 5.95 Å². The Hall–Kier alpha value is -1.84. The molecule has 17 heavy (non-hydrogen) atoms. The van der Waals surface area contributed by atoms with Gasteiger partial charge in [-0.15, -0.1) is 0 Å². The van der Waals surface area contributed by atoms with E-state index in [1.54, 1.807) is 19.2 Å². The molecule has 0 aliphatic rings. The summed E-state index contributed by atoms with van der Waals surface area (Å²) in [6.07, 6.45) is 4.64. The first-order valence-electron chi connectivity index (χ1n) is 5.76. The zero-order valence-electron chi connectivity index (χ0n) is 10.1. The first-order chi connectivity index (χ1) is 8.22. The molecular weight excluding hydrogens is 217 g/mol. The monoisotopic (exact) mass is 233 g/mol. The van der Waals surface area contributed by atoms with Gasteiger partial charge < -0.3 is 5.32 Å². The van der Waals surface area contributed by atoms with Crippen molar-refractivity contribution in [3.63, 3.8) is 0 Å². The number of halogens is 1. The Bertz CT molecular complexity index is 505. The van der Waals surface area contributed by atoms with Gasteiger partial charge in [0.05, 0.1) is 0 Å². The number of nitrogens with zero attached hydrogens (tertiary/aromatic N) is 2. The molecule has 0 unspecified atom stereocenters. The van der Waals surface area contributed by atoms with E-state index in [0.717, 1.165) is 24.6 Å². The normalized spacial score (nSPS) is 10.5. The minimum absolute atomic E-state index is 0.183. The SMILES string of the molecule is CCCNc1nccn1-c1ccc(F)c(C)c1. The van der Waals surface area contributed by atoms with Crippen LogP contribution in [0.25, 0.3) is 5.69 Å². The van der Waals surface area contributed by atoms with Crippen LogP contribution >= 0.6 is 0 Å². The molecule has 0 saturated heterocycles. The van der Waals surface area contributed by atoms with Crippen molar-refractivity contribution in [3.8, 4) is 5.69 Å². The molecule has 3 nitrogen and oxygen atoms in total. The number of hydrogen-bond donors (Lipinski definition) is 1. The van der Waals surface area contributed by atoms with Crippen LogP contribution < -0.4 is 5.32 Å². The molecule has 1 heterocycles. The fourth-order valence-corrected chi connectivity index (χ4v) is 1.66. The minimum atomic E-state index is -0.183. The van der Waals surface area contributed by atoms with Gasteiger partial charge in [-0.1, -0.05) is 6.92 Å². The zero-order chi connectivity index (χ0) is 12.3. The van der Waals surface area contributed by atoms with Crippen molar-refractivity contribution in [2.45, 2.75) is 20.3 Å². The Labute approximate surface area is 100 Å². The summed E-state index contributed by atoms with van der Waals surface area (Å²) in [4.78, 5) is 4.24. The first kappa shape index (κ1) is 11.6. The molecule has 0 spiro atoms. The molecule has 0 radical (unpaired) electrons. The summed E-state index contributed by atoms with van der Waals surface area (Å²) in [7, 11) is 0. The highest BCUT2D eigenvalue weighted by atomic mass is 19.1. The minimum Gasteiger partial charge on any atom is -0.355 e. The van der Waals surface area contributed by atoms with Crippen molar-refractivity contribution in [3.05, 3.63) is 42.0 Å². The topological polar surface area (TPSA) is 29.9 Å². The molecule has 1 N–H and O–H groups in total. The molecule has 0 saturated carbocycles. The van der Waals surface area contributed by atoms with Crippen LogP contribution in [0.15, 0.2) is 30.6 Å². The van der Waals surface area contributed by atoms with Crippen LogP contribution in [0.1, 0.15) is 18.9 Å². The molecule has 2 rings (SSSR count). The Morgan fingerprint density at radius 1 is 1.41 bits per heavy atom. The smallest absolute Gasteiger partial charge is 0.207 e. The van der Waals surface area contributed by atoms with Crippen LogP contribution in [0.5, 0.6) is 0 Å². The predicted octanol–water partition coefficient (Wildman–Crippen LogP) is 3.14. The number of anilines is 1. The Morgan fingerprint density at radius 3 is 2.94 bits per heavy atom. The molecule has 4 heteroatoms. The summed E-state index contributed by atoms with van der Waals surface area (Å²) in [6.45, 7) is 4.73. The third-order valence-corrected chi connectivity index (χ3v) is 2.59. The van der Waals surface area contributed by atoms with Crippen molar-refractivity contribution < 1.29 is 4.39 Å². The van der Waals surface area contributed by atoms with Gasteiger partial charge in [-0.2, -0.15) is 0 Å². The third-order valence-electron chi connectivity index (χ3n) is 2.59. The van der Waals surface area contributed by atoms with Crippen LogP contribution in [-0.2, 0) is 0 Å². The highest BCUT2D eigenvalue weighted by molar-refractivity contribution is 5.43. The second-order valence-corrected chi connectivity index (χ2v) is 3.98. The molecule has 2 aromatic rings. The van der Waals surface area contributed by atoms with Crippen LogP contribution in [-0.4, -0.2) is 16.1 Å². The van der Waals surface area contributed by atoms with E-state index in [2.05, 4.69) is 17.2 Å². The fraction of sp³-hybridized carbons (Fsp3) is 0.308. The molecule has 90 valence electrons. The van der Waals surface area contributed by atoms with E-state index in [1.165, 1.54) is 6.07 Å². The first-order valence-corrected chi connectivity index (χ1v) is 5.76. The number of nitrogens with one attached hydrogen (secondary N) is 1. The maximum absolute atomic E-state index is 13.2. The number of rotatable bonds is 4. The standard InChI is InChI=1S/C13H16FN3/c1-3-6-15-13-16-7-8-17(13)11-4-5-12(14)10(2)9-11/h4-5,7-9H,3,6H2,1-2H3,(H,15,16). The average molecular weight is 233 g/mol. The van der Waals surface area contributed by atoms with E-state index in [1.807, 2.05) is 16.8 Å². The zero-order valence-corrected chi connectivity index (χ0v) is 10.1. The number of imidazole rings is 1. The molecular formula is C13H16FN3. The lowest BCUT2D eigenvalue weighted by Crippen LogP contribution is -2.06. The third kappa shape index (κ3) is 2.46. The number of hydrogen-bond acceptors (Lipinski definition) is 2. The molecule has 0 aliphatic carbocycles. The average Bonchev–Trinajstić information content (AvgIpc) is 2.78. The van der Waals surface area contributed by atoms with Crippen LogP contribution in [0.2, 0.25) is 0 Å². The van der Waals surface area contributed by atoms with Crippen LogP contribution in [0, 0.1) is 12.7 Å². The van der Waals surface area contributed by atoms with Crippen molar-refractivity contribution in [2.24, 2.45) is 0 Å². The molecule has 0 bridgehead atoms. The maximum atomic E-state index is 13.2. The summed E-state index contributed by atoms with van der Waals surface area (Å²) in [5, 5.41) is 3.23. The van der Waals surface area contributed by atoms with E-state index in [-0.39, 0.29) is 5.82 Å². The number of aryl methyl sites for hydroxylation is 1. The van der Waals surface area contributed by atoms with Gasteiger partial charge in [0.2, 0.25) is 5.95 Å². The van der Waals surface area contributed by atoms with Crippen molar-refractivity contribution in [2.75, 3.05) is 11.9 Å². The summed E-state index contributed by atoms with van der Waals surface area (Å²) < 4.78 is 15.1. The quantitative estimate of drug-likeness (QED) is 0.879. The van der Waals surface area contributed by atoms with Crippen LogP contribution in [0.3, 0.4) is 0 Å². The van der Waals surface area contributed by atoms with Gasteiger partial charge in [-0.05, 0) is 37.1 Å². The highest BCUT2D eigenvalue weighted by Crippen LogP contribution is 2.17. The summed E-state index contributed by atoms with van der Waals surface area (Å²) in [5.74, 6) is 0.606. The van der Waals surface area contributed by atoms with Gasteiger partial charge in [0, 0.05) is 24.6 Å². The summed E-state index contributed by atoms with van der Waals surface area (Å²) >= 11 is 0. The number of benzene rings is 1. The molecule has 0 amide bonds. The largest absolute Gasteiger partial charge is 0.355 e. The van der Waals surface area contributed by atoms with Crippen molar-refractivity contribution in [1.82, 2.24) is 9.55 Å². The molecule has 0 aliphatic heterocycles. The van der Waals surface area contributed by atoms with E-state index in [9.17, 15) is 4.39 Å². The molecule has 0 fully saturated rings. The summed E-state index contributed by atoms with van der Waals surface area (Å²) in [6, 6.07) is 5.05. The van der Waals surface area contributed by atoms with Gasteiger partial charge >= 0.3 is 0 Å². The lowest BCUT2D eigenvalue weighted by atomic mass is 10.2. The summed E-state index contributed by atoms with van der Waals surface area (Å²) in [5.41, 5.74) is 1.55. The predicted molar refractivity (Wildman–Crippen MR) is 67.0 cm³/mol. The second-order valence-electron chi connectivity index (χ2n) is 3.98. The van der Waals surface area contributed by atoms with Crippen LogP contribution in [0.4, 0.5) is 10.3 Å². The van der Waals surface area contributed by atoms with Gasteiger partial charge in [0.15, 0.2) is 0 Å². The van der Waals surface area contributed by atoms with Gasteiger partial charge in [0.1, 0.15) is 5.82 Å². The van der Waals surface area contributed by atoms with E-state index >= 15 is 0 Å².